The maximum absolute atomic E-state index is 12.2. The molecule has 1 aromatic rings. The predicted molar refractivity (Wildman–Crippen MR) is 63.9 cm³/mol. The molecule has 2 heterocycles. The van der Waals surface area contributed by atoms with Crippen molar-refractivity contribution in [1.82, 2.24) is 15.1 Å². The van der Waals surface area contributed by atoms with Crippen LogP contribution in [0.4, 0.5) is 0 Å². The van der Waals surface area contributed by atoms with E-state index < -0.39 is 0 Å². The molecule has 0 unspecified atom stereocenters. The Morgan fingerprint density at radius 2 is 2.41 bits per heavy atom. The van der Waals surface area contributed by atoms with Crippen LogP contribution in [0.25, 0.3) is 0 Å². The first kappa shape index (κ1) is 12.1. The smallest absolute Gasteiger partial charge is 0.274 e. The molecular weight excluding hydrogens is 218 g/mol. The molecule has 1 aliphatic rings. The molecule has 0 saturated carbocycles. The molecule has 1 amide bonds. The van der Waals surface area contributed by atoms with Crippen LogP contribution < -0.4 is 0 Å². The number of carbonyl (C=O) groups is 1. The van der Waals surface area contributed by atoms with Gasteiger partial charge in [0.25, 0.3) is 5.91 Å². The average Bonchev–Trinajstić information content (AvgIpc) is 2.64. The summed E-state index contributed by atoms with van der Waals surface area (Å²) in [6.07, 6.45) is 2.88. The molecule has 0 bridgehead atoms. The molecule has 17 heavy (non-hydrogen) atoms. The normalized spacial score (nSPS) is 16.9. The number of aryl methyl sites for hydroxylation is 1. The van der Waals surface area contributed by atoms with Gasteiger partial charge >= 0.3 is 0 Å². The largest absolute Gasteiger partial charge is 0.380 e. The summed E-state index contributed by atoms with van der Waals surface area (Å²) in [6, 6.07) is 1.86. The lowest BCUT2D eigenvalue weighted by molar-refractivity contribution is 0.0735. The zero-order valence-electron chi connectivity index (χ0n) is 10.2. The first-order valence-electron chi connectivity index (χ1n) is 6.22. The highest BCUT2D eigenvalue weighted by Gasteiger charge is 2.19. The molecule has 1 N–H and O–H groups in total. The van der Waals surface area contributed by atoms with Crippen LogP contribution in [0.15, 0.2) is 6.07 Å². The topological polar surface area (TPSA) is 58.2 Å². The number of hydrogen-bond acceptors (Lipinski definition) is 3. The number of nitrogens with zero attached hydrogens (tertiary/aromatic N) is 2. The molecule has 94 valence electrons. The van der Waals surface area contributed by atoms with Crippen molar-refractivity contribution in [3.05, 3.63) is 17.5 Å². The zero-order chi connectivity index (χ0) is 12.1. The summed E-state index contributed by atoms with van der Waals surface area (Å²) in [4.78, 5) is 14.0. The molecule has 0 aromatic carbocycles. The van der Waals surface area contributed by atoms with Crippen LogP contribution in [0.3, 0.4) is 0 Å². The van der Waals surface area contributed by atoms with Crippen molar-refractivity contribution in [3.8, 4) is 0 Å². The van der Waals surface area contributed by atoms with Crippen molar-refractivity contribution in [2.75, 3.05) is 26.3 Å². The molecular formula is C12H19N3O2. The standard InChI is InChI=1S/C12H19N3O2/c1-2-4-10-9-11(14-13-10)12(16)15-5-3-7-17-8-6-15/h9H,2-8H2,1H3,(H,13,14). The summed E-state index contributed by atoms with van der Waals surface area (Å²) in [5.41, 5.74) is 1.55. The van der Waals surface area contributed by atoms with E-state index in [2.05, 4.69) is 17.1 Å². The minimum absolute atomic E-state index is 0.00843. The first-order valence-corrected chi connectivity index (χ1v) is 6.22. The van der Waals surface area contributed by atoms with Gasteiger partial charge in [-0.25, -0.2) is 0 Å². The van der Waals surface area contributed by atoms with Crippen molar-refractivity contribution in [2.45, 2.75) is 26.2 Å². The molecule has 0 aliphatic carbocycles. The van der Waals surface area contributed by atoms with Gasteiger partial charge < -0.3 is 9.64 Å². The summed E-state index contributed by atoms with van der Waals surface area (Å²) in [6.45, 7) is 4.89. The van der Waals surface area contributed by atoms with Crippen LogP contribution in [-0.2, 0) is 11.2 Å². The number of nitrogens with one attached hydrogen (secondary N) is 1. The van der Waals surface area contributed by atoms with Crippen LogP contribution in [0.1, 0.15) is 35.9 Å². The van der Waals surface area contributed by atoms with E-state index in [9.17, 15) is 4.79 Å². The SMILES string of the molecule is CCCc1cc(C(=O)N2CCCOCC2)n[nH]1. The molecule has 1 aliphatic heterocycles. The number of rotatable bonds is 3. The van der Waals surface area contributed by atoms with Crippen molar-refractivity contribution in [3.63, 3.8) is 0 Å². The molecule has 1 aromatic heterocycles. The second-order valence-electron chi connectivity index (χ2n) is 4.29. The molecule has 0 radical (unpaired) electrons. The van der Waals surface area contributed by atoms with Crippen molar-refractivity contribution in [1.29, 1.82) is 0 Å². The maximum atomic E-state index is 12.2. The third-order valence-corrected chi connectivity index (χ3v) is 2.88. The van der Waals surface area contributed by atoms with Gasteiger partial charge in [0, 0.05) is 25.4 Å². The lowest BCUT2D eigenvalue weighted by Gasteiger charge is -2.17. The summed E-state index contributed by atoms with van der Waals surface area (Å²) in [5, 5.41) is 7.00. The fraction of sp³-hybridized carbons (Fsp3) is 0.667. The maximum Gasteiger partial charge on any atom is 0.274 e. The van der Waals surface area contributed by atoms with Crippen LogP contribution in [0.2, 0.25) is 0 Å². The monoisotopic (exact) mass is 237 g/mol. The Kier molecular flexibility index (Phi) is 4.14. The van der Waals surface area contributed by atoms with Gasteiger partial charge in [-0.15, -0.1) is 0 Å². The lowest BCUT2D eigenvalue weighted by atomic mass is 10.2. The van der Waals surface area contributed by atoms with E-state index >= 15 is 0 Å². The summed E-state index contributed by atoms with van der Waals surface area (Å²) in [7, 11) is 0. The first-order chi connectivity index (χ1) is 8.31. The third kappa shape index (κ3) is 3.06. The summed E-state index contributed by atoms with van der Waals surface area (Å²) >= 11 is 0. The van der Waals surface area contributed by atoms with E-state index in [1.807, 2.05) is 11.0 Å². The van der Waals surface area contributed by atoms with E-state index in [4.69, 9.17) is 4.74 Å². The third-order valence-electron chi connectivity index (χ3n) is 2.88. The van der Waals surface area contributed by atoms with E-state index in [0.717, 1.165) is 38.1 Å². The summed E-state index contributed by atoms with van der Waals surface area (Å²) in [5.74, 6) is 0.00843. The fourth-order valence-electron chi connectivity index (χ4n) is 1.98. The highest BCUT2D eigenvalue weighted by molar-refractivity contribution is 5.92. The zero-order valence-corrected chi connectivity index (χ0v) is 10.2. The van der Waals surface area contributed by atoms with Gasteiger partial charge in [-0.05, 0) is 18.9 Å². The predicted octanol–water partition coefficient (Wildman–Crippen LogP) is 1.22. The summed E-state index contributed by atoms with van der Waals surface area (Å²) < 4.78 is 5.33. The van der Waals surface area contributed by atoms with E-state index in [1.165, 1.54) is 0 Å². The Bertz CT molecular complexity index is 368. The number of H-pyrrole nitrogens is 1. The van der Waals surface area contributed by atoms with E-state index in [0.29, 0.717) is 18.8 Å². The van der Waals surface area contributed by atoms with E-state index in [-0.39, 0.29) is 5.91 Å². The lowest BCUT2D eigenvalue weighted by Crippen LogP contribution is -2.33. The van der Waals surface area contributed by atoms with Gasteiger partial charge in [-0.2, -0.15) is 5.10 Å². The Morgan fingerprint density at radius 3 is 3.24 bits per heavy atom. The minimum atomic E-state index is 0.00843. The quantitative estimate of drug-likeness (QED) is 0.860. The highest BCUT2D eigenvalue weighted by atomic mass is 16.5. The van der Waals surface area contributed by atoms with Gasteiger partial charge in [0.05, 0.1) is 6.61 Å². The molecule has 5 heteroatoms. The molecule has 5 nitrogen and oxygen atoms in total. The van der Waals surface area contributed by atoms with Gasteiger partial charge in [-0.1, -0.05) is 13.3 Å². The van der Waals surface area contributed by atoms with Crippen LogP contribution in [0, 0.1) is 0 Å². The number of aromatic nitrogens is 2. The van der Waals surface area contributed by atoms with E-state index in [1.54, 1.807) is 0 Å². The number of hydrogen-bond donors (Lipinski definition) is 1. The Labute approximate surface area is 101 Å². The van der Waals surface area contributed by atoms with Crippen LogP contribution >= 0.6 is 0 Å². The second-order valence-corrected chi connectivity index (χ2v) is 4.29. The molecule has 0 atom stereocenters. The Hall–Kier alpha value is -1.36. The van der Waals surface area contributed by atoms with Gasteiger partial charge in [0.1, 0.15) is 5.69 Å². The number of amides is 1. The molecule has 2 rings (SSSR count). The number of ether oxygens (including phenoxy) is 1. The Balaban J connectivity index is 2.01. The number of aromatic amines is 1. The van der Waals surface area contributed by atoms with Crippen molar-refractivity contribution in [2.24, 2.45) is 0 Å². The van der Waals surface area contributed by atoms with Crippen molar-refractivity contribution >= 4 is 5.91 Å². The van der Waals surface area contributed by atoms with Crippen LogP contribution in [-0.4, -0.2) is 47.3 Å². The Morgan fingerprint density at radius 1 is 1.53 bits per heavy atom. The van der Waals surface area contributed by atoms with Gasteiger partial charge in [0.15, 0.2) is 0 Å². The highest BCUT2D eigenvalue weighted by Crippen LogP contribution is 2.08. The fourth-order valence-corrected chi connectivity index (χ4v) is 1.98. The molecule has 1 fully saturated rings. The van der Waals surface area contributed by atoms with Gasteiger partial charge in [0.2, 0.25) is 0 Å². The molecule has 0 spiro atoms. The van der Waals surface area contributed by atoms with Gasteiger partial charge in [-0.3, -0.25) is 9.89 Å². The van der Waals surface area contributed by atoms with Crippen molar-refractivity contribution < 1.29 is 9.53 Å². The van der Waals surface area contributed by atoms with Crippen LogP contribution in [0.5, 0.6) is 0 Å². The average molecular weight is 237 g/mol. The second kappa shape index (κ2) is 5.82. The number of carbonyl (C=O) groups excluding carboxylic acids is 1. The minimum Gasteiger partial charge on any atom is -0.380 e. The molecule has 1 saturated heterocycles.